The molecule has 6 N–H and O–H groups in total. The standard InChI is InChI=1S/C38H66N6O9/c1-29(45)42(51)20-10-4-7-17-39-31(46)13-15-33(48)43(52)21-11-5-8-18-40-32(47)14-16-34(49)44(53)22-12-6-9-19-41-35(50)38-25-30-23-36(2,27-38)26-37(3,24-30)28-38/h30,51-53H,4-28H2,1-3H3,(H,39,46)(H,40,47)(H,41,50)/t30?,36-,37+,38?. The molecule has 4 atom stereocenters. The number of carbonyl (C=O) groups is 6. The molecule has 4 fully saturated rings. The van der Waals surface area contributed by atoms with Gasteiger partial charge in [-0.1, -0.05) is 13.8 Å². The summed E-state index contributed by atoms with van der Waals surface area (Å²) < 4.78 is 0. The van der Waals surface area contributed by atoms with Crippen LogP contribution in [0.2, 0.25) is 0 Å². The van der Waals surface area contributed by atoms with Crippen molar-refractivity contribution >= 4 is 35.4 Å². The van der Waals surface area contributed by atoms with Crippen LogP contribution in [0, 0.1) is 22.2 Å². The second kappa shape index (κ2) is 21.0. The molecule has 0 saturated heterocycles. The number of nitrogens with zero attached hydrogens (tertiary/aromatic N) is 3. The Hall–Kier alpha value is -3.30. The van der Waals surface area contributed by atoms with Crippen molar-refractivity contribution in [2.45, 2.75) is 143 Å². The minimum Gasteiger partial charge on any atom is -0.356 e. The normalized spacial score (nSPS) is 24.0. The maximum atomic E-state index is 13.3. The topological polar surface area (TPSA) is 209 Å². The molecule has 0 heterocycles. The lowest BCUT2D eigenvalue weighted by Gasteiger charge is -2.64. The Bertz CT molecular complexity index is 1250. The zero-order chi connectivity index (χ0) is 39.1. The Balaban J connectivity index is 1.12. The van der Waals surface area contributed by atoms with Crippen LogP contribution in [0.15, 0.2) is 0 Å². The van der Waals surface area contributed by atoms with Gasteiger partial charge in [0.2, 0.25) is 35.4 Å². The average Bonchev–Trinajstić information content (AvgIpc) is 3.08. The number of unbranched alkanes of at least 4 members (excludes halogenated alkanes) is 6. The van der Waals surface area contributed by atoms with Crippen molar-refractivity contribution in [3.8, 4) is 0 Å². The number of hydrogen-bond donors (Lipinski definition) is 6. The van der Waals surface area contributed by atoms with Crippen LogP contribution in [0.5, 0.6) is 0 Å². The lowest BCUT2D eigenvalue weighted by Crippen LogP contribution is -2.59. The highest BCUT2D eigenvalue weighted by molar-refractivity contribution is 5.84. The Labute approximate surface area is 314 Å². The molecule has 4 aliphatic carbocycles. The van der Waals surface area contributed by atoms with E-state index < -0.39 is 17.7 Å². The van der Waals surface area contributed by atoms with E-state index in [0.29, 0.717) is 85.7 Å². The summed E-state index contributed by atoms with van der Waals surface area (Å²) in [5.41, 5.74) is 0.360. The van der Waals surface area contributed by atoms with Gasteiger partial charge in [0.25, 0.3) is 0 Å². The van der Waals surface area contributed by atoms with Crippen molar-refractivity contribution in [2.75, 3.05) is 39.3 Å². The number of hydroxylamine groups is 6. The molecule has 6 amide bonds. The van der Waals surface area contributed by atoms with Crippen molar-refractivity contribution in [2.24, 2.45) is 22.2 Å². The van der Waals surface area contributed by atoms with Gasteiger partial charge in [-0.15, -0.1) is 0 Å². The van der Waals surface area contributed by atoms with Gasteiger partial charge < -0.3 is 16.0 Å². The highest BCUT2D eigenvalue weighted by atomic mass is 16.5. The number of rotatable bonds is 25. The van der Waals surface area contributed by atoms with Crippen LogP contribution in [0.4, 0.5) is 0 Å². The summed E-state index contributed by atoms with van der Waals surface area (Å²) in [4.78, 5) is 72.8. The third kappa shape index (κ3) is 14.8. The van der Waals surface area contributed by atoms with Crippen molar-refractivity contribution in [3.63, 3.8) is 0 Å². The van der Waals surface area contributed by atoms with Crippen LogP contribution in [0.1, 0.15) is 143 Å². The first-order chi connectivity index (χ1) is 25.1. The third-order valence-corrected chi connectivity index (χ3v) is 11.2. The molecule has 0 spiro atoms. The summed E-state index contributed by atoms with van der Waals surface area (Å²) in [6.45, 7) is 7.90. The Morgan fingerprint density at radius 3 is 1.38 bits per heavy atom. The van der Waals surface area contributed by atoms with Crippen LogP contribution in [-0.2, 0) is 28.8 Å². The largest absolute Gasteiger partial charge is 0.356 e. The summed E-state index contributed by atoms with van der Waals surface area (Å²) in [5, 5.41) is 40.0. The second-order valence-electron chi connectivity index (χ2n) is 16.7. The fraction of sp³-hybridized carbons (Fsp3) is 0.842. The monoisotopic (exact) mass is 750 g/mol. The van der Waals surface area contributed by atoms with Crippen LogP contribution in [0.3, 0.4) is 0 Å². The van der Waals surface area contributed by atoms with Crippen LogP contribution >= 0.6 is 0 Å². The predicted octanol–water partition coefficient (Wildman–Crippen LogP) is 4.08. The highest BCUT2D eigenvalue weighted by Crippen LogP contribution is 2.69. The summed E-state index contributed by atoms with van der Waals surface area (Å²) in [6.07, 6.45) is 12.3. The maximum absolute atomic E-state index is 13.3. The van der Waals surface area contributed by atoms with E-state index in [4.69, 9.17) is 0 Å². The molecule has 4 rings (SSSR count). The number of amides is 6. The van der Waals surface area contributed by atoms with E-state index >= 15 is 0 Å². The predicted molar refractivity (Wildman–Crippen MR) is 195 cm³/mol. The zero-order valence-corrected chi connectivity index (χ0v) is 32.4. The molecule has 4 bridgehead atoms. The van der Waals surface area contributed by atoms with E-state index in [1.807, 2.05) is 0 Å². The van der Waals surface area contributed by atoms with Crippen molar-refractivity contribution in [1.29, 1.82) is 0 Å². The Morgan fingerprint density at radius 2 is 0.962 bits per heavy atom. The van der Waals surface area contributed by atoms with E-state index in [0.717, 1.165) is 32.1 Å². The smallest absolute Gasteiger partial charge is 0.246 e. The molecule has 15 nitrogen and oxygen atoms in total. The lowest BCUT2D eigenvalue weighted by molar-refractivity contribution is -0.170. The molecule has 0 aliphatic heterocycles. The molecule has 0 aromatic rings. The first kappa shape index (κ1) is 44.1. The minimum absolute atomic E-state index is 0.0430. The average molecular weight is 751 g/mol. The zero-order valence-electron chi connectivity index (χ0n) is 32.4. The summed E-state index contributed by atoms with van der Waals surface area (Å²) >= 11 is 0. The van der Waals surface area contributed by atoms with Crippen LogP contribution in [0.25, 0.3) is 0 Å². The van der Waals surface area contributed by atoms with Gasteiger partial charge in [0.1, 0.15) is 0 Å². The van der Waals surface area contributed by atoms with E-state index in [1.54, 1.807) is 0 Å². The minimum atomic E-state index is -0.552. The number of nitrogens with one attached hydrogen (secondary N) is 3. The molecule has 2 unspecified atom stereocenters. The van der Waals surface area contributed by atoms with Gasteiger partial charge in [0, 0.05) is 71.9 Å². The SMILES string of the molecule is CC(=O)N(O)CCCCCNC(=O)CCC(=O)N(O)CCCCCNC(=O)CCC(=O)N(O)CCCCCNC(=O)C12CC3C[C@@](C)(C1)C[C@](C)(C3)C2. The van der Waals surface area contributed by atoms with Gasteiger partial charge in [-0.3, -0.25) is 44.4 Å². The van der Waals surface area contributed by atoms with E-state index in [2.05, 4.69) is 29.8 Å². The van der Waals surface area contributed by atoms with Gasteiger partial charge in [-0.2, -0.15) is 0 Å². The van der Waals surface area contributed by atoms with Crippen LogP contribution in [-0.4, -0.2) is 106 Å². The van der Waals surface area contributed by atoms with Crippen LogP contribution < -0.4 is 16.0 Å². The fourth-order valence-corrected chi connectivity index (χ4v) is 9.52. The Morgan fingerprint density at radius 1 is 0.547 bits per heavy atom. The molecule has 0 aromatic heterocycles. The van der Waals surface area contributed by atoms with E-state index in [1.165, 1.54) is 26.2 Å². The lowest BCUT2D eigenvalue weighted by atomic mass is 9.40. The first-order valence-electron chi connectivity index (χ1n) is 19.8. The first-order valence-corrected chi connectivity index (χ1v) is 19.8. The van der Waals surface area contributed by atoms with E-state index in [-0.39, 0.29) is 79.3 Å². The molecule has 4 saturated carbocycles. The molecule has 302 valence electrons. The number of hydrogen-bond acceptors (Lipinski definition) is 9. The third-order valence-electron chi connectivity index (χ3n) is 11.2. The highest BCUT2D eigenvalue weighted by Gasteiger charge is 2.62. The molecular weight excluding hydrogens is 684 g/mol. The molecule has 15 heteroatoms. The van der Waals surface area contributed by atoms with Gasteiger partial charge in [0.05, 0.1) is 5.41 Å². The van der Waals surface area contributed by atoms with Gasteiger partial charge in [-0.25, -0.2) is 15.2 Å². The van der Waals surface area contributed by atoms with Crippen molar-refractivity contribution in [1.82, 2.24) is 31.1 Å². The Kier molecular flexibility index (Phi) is 17.4. The summed E-state index contributed by atoms with van der Waals surface area (Å²) in [6, 6.07) is 0. The van der Waals surface area contributed by atoms with Crippen molar-refractivity contribution in [3.05, 3.63) is 0 Å². The molecule has 0 aromatic carbocycles. The quantitative estimate of drug-likeness (QED) is 0.0451. The van der Waals surface area contributed by atoms with E-state index in [9.17, 15) is 44.4 Å². The summed E-state index contributed by atoms with van der Waals surface area (Å²) in [7, 11) is 0. The molecular formula is C38H66N6O9. The molecule has 4 aliphatic rings. The maximum Gasteiger partial charge on any atom is 0.246 e. The number of carbonyl (C=O) groups excluding carboxylic acids is 6. The van der Waals surface area contributed by atoms with Gasteiger partial charge >= 0.3 is 0 Å². The molecule has 53 heavy (non-hydrogen) atoms. The van der Waals surface area contributed by atoms with Crippen molar-refractivity contribution < 1.29 is 44.4 Å². The van der Waals surface area contributed by atoms with Gasteiger partial charge in [0.15, 0.2) is 0 Å². The summed E-state index contributed by atoms with van der Waals surface area (Å²) in [5.74, 6) is -1.21. The fourth-order valence-electron chi connectivity index (χ4n) is 9.52. The van der Waals surface area contributed by atoms with Gasteiger partial charge in [-0.05, 0) is 113 Å². The molecule has 0 radical (unpaired) electrons. The second-order valence-corrected chi connectivity index (χ2v) is 16.7.